The minimum Gasteiger partial charge on any atom is -0.376 e. The topological polar surface area (TPSA) is 41.6 Å². The number of carbonyl (C=O) groups excluding carboxylic acids is 1. The Morgan fingerprint density at radius 1 is 1.62 bits per heavy atom. The fourth-order valence-corrected chi connectivity index (χ4v) is 2.09. The molecular weight excluding hydrogens is 168 g/mol. The Bertz CT molecular complexity index is 208. The van der Waals surface area contributed by atoms with Gasteiger partial charge in [-0.15, -0.1) is 0 Å². The monoisotopic (exact) mass is 184 g/mol. The van der Waals surface area contributed by atoms with Crippen molar-refractivity contribution in [3.8, 4) is 0 Å². The summed E-state index contributed by atoms with van der Waals surface area (Å²) in [5.41, 5.74) is 0. The Labute approximate surface area is 78.2 Å². The van der Waals surface area contributed by atoms with E-state index in [0.29, 0.717) is 6.04 Å². The Morgan fingerprint density at radius 2 is 2.46 bits per heavy atom. The lowest BCUT2D eigenvalue weighted by Crippen LogP contribution is -2.53. The van der Waals surface area contributed by atoms with Gasteiger partial charge in [-0.1, -0.05) is 0 Å². The maximum Gasteiger partial charge on any atom is 0.317 e. The van der Waals surface area contributed by atoms with Crippen molar-refractivity contribution in [3.63, 3.8) is 0 Å². The van der Waals surface area contributed by atoms with E-state index in [1.807, 2.05) is 11.8 Å². The van der Waals surface area contributed by atoms with Crippen molar-refractivity contribution >= 4 is 6.03 Å². The third kappa shape index (κ3) is 1.63. The van der Waals surface area contributed by atoms with E-state index in [0.717, 1.165) is 32.5 Å². The number of carbonyl (C=O) groups is 1. The smallest absolute Gasteiger partial charge is 0.317 e. The minimum atomic E-state index is 0.0774. The molecule has 2 unspecified atom stereocenters. The van der Waals surface area contributed by atoms with E-state index in [4.69, 9.17) is 4.74 Å². The van der Waals surface area contributed by atoms with Gasteiger partial charge in [0.2, 0.25) is 0 Å². The van der Waals surface area contributed by atoms with E-state index < -0.39 is 0 Å². The molecule has 0 saturated carbocycles. The summed E-state index contributed by atoms with van der Waals surface area (Å²) in [7, 11) is 0. The standard InChI is InChI=1S/C9H16N2O2/c1-7-8(3-6-13-7)11-5-2-4-10-9(11)12/h7-8H,2-6H2,1H3,(H,10,12). The van der Waals surface area contributed by atoms with E-state index >= 15 is 0 Å². The molecule has 2 rings (SSSR count). The number of ether oxygens (including phenoxy) is 1. The Morgan fingerprint density at radius 3 is 3.08 bits per heavy atom. The van der Waals surface area contributed by atoms with Crippen molar-refractivity contribution in [1.82, 2.24) is 10.2 Å². The van der Waals surface area contributed by atoms with E-state index in [9.17, 15) is 4.79 Å². The number of urea groups is 1. The summed E-state index contributed by atoms with van der Waals surface area (Å²) in [5, 5.41) is 2.86. The molecule has 2 aliphatic heterocycles. The second-order valence-corrected chi connectivity index (χ2v) is 3.71. The molecule has 0 bridgehead atoms. The van der Waals surface area contributed by atoms with Crippen LogP contribution < -0.4 is 5.32 Å². The summed E-state index contributed by atoms with van der Waals surface area (Å²) in [5.74, 6) is 0. The number of hydrogen-bond donors (Lipinski definition) is 1. The third-order valence-electron chi connectivity index (χ3n) is 2.85. The second-order valence-electron chi connectivity index (χ2n) is 3.71. The first kappa shape index (κ1) is 8.81. The minimum absolute atomic E-state index is 0.0774. The maximum absolute atomic E-state index is 11.5. The molecule has 2 saturated heterocycles. The molecule has 4 heteroatoms. The molecule has 2 atom stereocenters. The summed E-state index contributed by atoms with van der Waals surface area (Å²) < 4.78 is 5.45. The molecule has 13 heavy (non-hydrogen) atoms. The summed E-state index contributed by atoms with van der Waals surface area (Å²) in [4.78, 5) is 13.4. The predicted molar refractivity (Wildman–Crippen MR) is 48.5 cm³/mol. The molecule has 0 radical (unpaired) electrons. The molecule has 0 aromatic carbocycles. The SMILES string of the molecule is CC1OCCC1N1CCCNC1=O. The van der Waals surface area contributed by atoms with Crippen molar-refractivity contribution in [3.05, 3.63) is 0 Å². The Kier molecular flexibility index (Phi) is 2.40. The highest BCUT2D eigenvalue weighted by Gasteiger charge is 2.33. The van der Waals surface area contributed by atoms with Crippen LogP contribution in [0.2, 0.25) is 0 Å². The quantitative estimate of drug-likeness (QED) is 0.647. The van der Waals surface area contributed by atoms with Gasteiger partial charge in [0.25, 0.3) is 0 Å². The third-order valence-corrected chi connectivity index (χ3v) is 2.85. The number of nitrogens with zero attached hydrogens (tertiary/aromatic N) is 1. The van der Waals surface area contributed by atoms with Crippen LogP contribution in [0.4, 0.5) is 4.79 Å². The summed E-state index contributed by atoms with van der Waals surface area (Å²) in [6, 6.07) is 0.369. The first-order valence-corrected chi connectivity index (χ1v) is 4.95. The maximum atomic E-state index is 11.5. The van der Waals surface area contributed by atoms with Gasteiger partial charge >= 0.3 is 6.03 Å². The lowest BCUT2D eigenvalue weighted by Gasteiger charge is -2.34. The second kappa shape index (κ2) is 3.54. The predicted octanol–water partition coefficient (Wildman–Crippen LogP) is 0.579. The van der Waals surface area contributed by atoms with Crippen LogP contribution in [0.25, 0.3) is 0 Å². The zero-order valence-corrected chi connectivity index (χ0v) is 7.95. The highest BCUT2D eigenvalue weighted by Crippen LogP contribution is 2.20. The molecule has 2 heterocycles. The van der Waals surface area contributed by atoms with Crippen LogP contribution in [0.1, 0.15) is 19.8 Å². The van der Waals surface area contributed by atoms with Gasteiger partial charge in [-0.3, -0.25) is 0 Å². The molecule has 74 valence electrons. The summed E-state index contributed by atoms with van der Waals surface area (Å²) >= 11 is 0. The van der Waals surface area contributed by atoms with E-state index in [1.54, 1.807) is 0 Å². The van der Waals surface area contributed by atoms with Crippen molar-refractivity contribution in [2.75, 3.05) is 19.7 Å². The fourth-order valence-electron chi connectivity index (χ4n) is 2.09. The highest BCUT2D eigenvalue weighted by atomic mass is 16.5. The number of nitrogens with one attached hydrogen (secondary N) is 1. The summed E-state index contributed by atoms with van der Waals surface area (Å²) in [6.07, 6.45) is 2.23. The first-order chi connectivity index (χ1) is 6.29. The number of hydrogen-bond acceptors (Lipinski definition) is 2. The van der Waals surface area contributed by atoms with Gasteiger partial charge in [0.1, 0.15) is 0 Å². The molecule has 4 nitrogen and oxygen atoms in total. The van der Waals surface area contributed by atoms with Crippen LogP contribution in [-0.4, -0.2) is 42.8 Å². The van der Waals surface area contributed by atoms with Gasteiger partial charge in [0.15, 0.2) is 0 Å². The molecule has 0 aromatic heterocycles. The van der Waals surface area contributed by atoms with Crippen LogP contribution in [-0.2, 0) is 4.74 Å². The Hall–Kier alpha value is -0.770. The lowest BCUT2D eigenvalue weighted by atomic mass is 10.1. The Balaban J connectivity index is 2.01. The molecule has 2 aliphatic rings. The van der Waals surface area contributed by atoms with E-state index in [1.165, 1.54) is 0 Å². The van der Waals surface area contributed by atoms with Crippen LogP contribution in [0.3, 0.4) is 0 Å². The molecule has 2 fully saturated rings. The zero-order chi connectivity index (χ0) is 9.26. The molecule has 0 aliphatic carbocycles. The molecule has 2 amide bonds. The van der Waals surface area contributed by atoms with Crippen molar-refractivity contribution < 1.29 is 9.53 Å². The van der Waals surface area contributed by atoms with Gasteiger partial charge in [-0.25, -0.2) is 4.79 Å². The lowest BCUT2D eigenvalue weighted by molar-refractivity contribution is 0.0797. The van der Waals surface area contributed by atoms with Crippen molar-refractivity contribution in [2.24, 2.45) is 0 Å². The van der Waals surface area contributed by atoms with Gasteiger partial charge in [-0.2, -0.15) is 0 Å². The fraction of sp³-hybridized carbons (Fsp3) is 0.889. The zero-order valence-electron chi connectivity index (χ0n) is 7.95. The van der Waals surface area contributed by atoms with Crippen LogP contribution in [0.5, 0.6) is 0 Å². The highest BCUT2D eigenvalue weighted by molar-refractivity contribution is 5.75. The van der Waals surface area contributed by atoms with E-state index in [-0.39, 0.29) is 12.1 Å². The average Bonchev–Trinajstić information content (AvgIpc) is 2.52. The number of amides is 2. The molecular formula is C9H16N2O2. The van der Waals surface area contributed by atoms with Gasteiger partial charge in [0.05, 0.1) is 12.1 Å². The average molecular weight is 184 g/mol. The van der Waals surface area contributed by atoms with E-state index in [2.05, 4.69) is 5.32 Å². The van der Waals surface area contributed by atoms with Gasteiger partial charge in [-0.05, 0) is 19.8 Å². The van der Waals surface area contributed by atoms with Crippen molar-refractivity contribution in [2.45, 2.75) is 31.9 Å². The van der Waals surface area contributed by atoms with Crippen LogP contribution in [0.15, 0.2) is 0 Å². The molecule has 1 N–H and O–H groups in total. The molecule has 0 spiro atoms. The molecule has 0 aromatic rings. The number of rotatable bonds is 1. The van der Waals surface area contributed by atoms with Gasteiger partial charge in [0, 0.05) is 19.7 Å². The first-order valence-electron chi connectivity index (χ1n) is 4.95. The normalized spacial score (nSPS) is 34.8. The largest absolute Gasteiger partial charge is 0.376 e. The van der Waals surface area contributed by atoms with Gasteiger partial charge < -0.3 is 15.0 Å². The summed E-state index contributed by atoms with van der Waals surface area (Å²) in [6.45, 7) is 4.52. The van der Waals surface area contributed by atoms with Crippen LogP contribution in [0, 0.1) is 0 Å². The van der Waals surface area contributed by atoms with Crippen LogP contribution >= 0.6 is 0 Å². The van der Waals surface area contributed by atoms with Crippen molar-refractivity contribution in [1.29, 1.82) is 0 Å².